The maximum Gasteiger partial charge on any atom is 0.226 e. The van der Waals surface area contributed by atoms with Crippen LogP contribution in [0.4, 0.5) is 4.39 Å². The van der Waals surface area contributed by atoms with Crippen molar-refractivity contribution >= 4 is 5.91 Å². The molecule has 1 aliphatic rings. The van der Waals surface area contributed by atoms with Crippen LogP contribution < -0.4 is 0 Å². The van der Waals surface area contributed by atoms with Crippen molar-refractivity contribution in [1.29, 1.82) is 5.26 Å². The fourth-order valence-corrected chi connectivity index (χ4v) is 3.44. The Balaban J connectivity index is 1.74. The minimum Gasteiger partial charge on any atom is -0.336 e. The third kappa shape index (κ3) is 3.41. The van der Waals surface area contributed by atoms with Gasteiger partial charge >= 0.3 is 0 Å². The first-order valence-electron chi connectivity index (χ1n) is 8.61. The summed E-state index contributed by atoms with van der Waals surface area (Å²) in [5.41, 5.74) is 2.24. The second-order valence-electron chi connectivity index (χ2n) is 6.50. The maximum absolute atomic E-state index is 13.9. The van der Waals surface area contributed by atoms with E-state index in [0.717, 1.165) is 5.56 Å². The Bertz CT molecular complexity index is 809. The van der Waals surface area contributed by atoms with Crippen LogP contribution in [0.1, 0.15) is 48.9 Å². The van der Waals surface area contributed by atoms with Crippen molar-refractivity contribution in [3.05, 3.63) is 71.0 Å². The molecule has 3 atom stereocenters. The summed E-state index contributed by atoms with van der Waals surface area (Å²) in [6, 6.07) is 16.0. The van der Waals surface area contributed by atoms with E-state index in [-0.39, 0.29) is 29.6 Å². The molecule has 1 fully saturated rings. The van der Waals surface area contributed by atoms with E-state index in [4.69, 9.17) is 5.26 Å². The number of benzene rings is 2. The number of hydrogen-bond donors (Lipinski definition) is 0. The summed E-state index contributed by atoms with van der Waals surface area (Å²) in [5.74, 6) is -0.313. The minimum atomic E-state index is -0.231. The number of rotatable bonds is 5. The lowest BCUT2D eigenvalue weighted by molar-refractivity contribution is -0.134. The molecule has 3 rings (SSSR count). The third-order valence-electron chi connectivity index (χ3n) is 5.03. The molecule has 2 aromatic rings. The lowest BCUT2D eigenvalue weighted by atomic mass is 10.0. The van der Waals surface area contributed by atoms with Gasteiger partial charge in [0.25, 0.3) is 0 Å². The molecule has 25 heavy (non-hydrogen) atoms. The van der Waals surface area contributed by atoms with E-state index in [0.29, 0.717) is 24.1 Å². The summed E-state index contributed by atoms with van der Waals surface area (Å²) in [6.07, 6.45) is 0.705. The van der Waals surface area contributed by atoms with Gasteiger partial charge in [-0.15, -0.1) is 0 Å². The van der Waals surface area contributed by atoms with Crippen molar-refractivity contribution in [3.63, 3.8) is 0 Å². The Hall–Kier alpha value is -2.67. The summed E-state index contributed by atoms with van der Waals surface area (Å²) >= 11 is 0. The molecule has 0 radical (unpaired) electrons. The van der Waals surface area contributed by atoms with Crippen molar-refractivity contribution in [2.75, 3.05) is 6.54 Å². The predicted octanol–water partition coefficient (Wildman–Crippen LogP) is 4.41. The van der Waals surface area contributed by atoms with Crippen molar-refractivity contribution in [3.8, 4) is 6.07 Å². The normalized spacial score (nSPS) is 19.8. The van der Waals surface area contributed by atoms with Crippen LogP contribution in [0, 0.1) is 23.1 Å². The van der Waals surface area contributed by atoms with Crippen molar-refractivity contribution < 1.29 is 9.18 Å². The largest absolute Gasteiger partial charge is 0.336 e. The van der Waals surface area contributed by atoms with Crippen molar-refractivity contribution in [2.45, 2.75) is 32.2 Å². The van der Waals surface area contributed by atoms with E-state index < -0.39 is 0 Å². The number of nitriles is 1. The van der Waals surface area contributed by atoms with Gasteiger partial charge < -0.3 is 4.90 Å². The Kier molecular flexibility index (Phi) is 4.85. The molecule has 1 amide bonds. The Morgan fingerprint density at radius 3 is 2.56 bits per heavy atom. The lowest BCUT2D eigenvalue weighted by Crippen LogP contribution is -2.34. The molecule has 128 valence electrons. The fraction of sp³-hybridized carbons (Fsp3) is 0.333. The van der Waals surface area contributed by atoms with Gasteiger partial charge in [-0.1, -0.05) is 30.3 Å². The number of carbonyl (C=O) groups is 1. The highest BCUT2D eigenvalue weighted by Crippen LogP contribution is 2.49. The second-order valence-corrected chi connectivity index (χ2v) is 6.50. The van der Waals surface area contributed by atoms with Crippen LogP contribution in [0.25, 0.3) is 0 Å². The molecule has 0 bridgehead atoms. The van der Waals surface area contributed by atoms with Gasteiger partial charge in [0, 0.05) is 12.5 Å². The third-order valence-corrected chi connectivity index (χ3v) is 5.03. The fourth-order valence-electron chi connectivity index (χ4n) is 3.44. The second kappa shape index (κ2) is 7.06. The molecular weight excluding hydrogens is 315 g/mol. The van der Waals surface area contributed by atoms with E-state index in [1.165, 1.54) is 6.07 Å². The Morgan fingerprint density at radius 2 is 1.96 bits per heavy atom. The minimum absolute atomic E-state index is 0.0177. The molecule has 1 aliphatic carbocycles. The molecule has 3 nitrogen and oxygen atoms in total. The number of amides is 1. The molecule has 4 heteroatoms. The van der Waals surface area contributed by atoms with Gasteiger partial charge in [0.1, 0.15) is 5.82 Å². The Morgan fingerprint density at radius 1 is 1.28 bits per heavy atom. The molecule has 3 unspecified atom stereocenters. The first kappa shape index (κ1) is 17.2. The quantitative estimate of drug-likeness (QED) is 0.812. The van der Waals surface area contributed by atoms with Crippen LogP contribution in [0.5, 0.6) is 0 Å². The van der Waals surface area contributed by atoms with Crippen LogP contribution in [0.2, 0.25) is 0 Å². The molecule has 1 saturated carbocycles. The summed E-state index contributed by atoms with van der Waals surface area (Å²) in [4.78, 5) is 14.8. The maximum atomic E-state index is 13.9. The molecule has 0 aromatic heterocycles. The average molecular weight is 336 g/mol. The van der Waals surface area contributed by atoms with Crippen molar-refractivity contribution in [1.82, 2.24) is 4.90 Å². The van der Waals surface area contributed by atoms with E-state index in [2.05, 4.69) is 6.07 Å². The highest BCUT2D eigenvalue weighted by molar-refractivity contribution is 5.83. The summed E-state index contributed by atoms with van der Waals surface area (Å²) in [7, 11) is 0. The first-order chi connectivity index (χ1) is 12.1. The number of hydrogen-bond acceptors (Lipinski definition) is 2. The van der Waals surface area contributed by atoms with Gasteiger partial charge in [-0.2, -0.15) is 5.26 Å². The van der Waals surface area contributed by atoms with Crippen LogP contribution in [0.15, 0.2) is 48.5 Å². The van der Waals surface area contributed by atoms with E-state index >= 15 is 0 Å². The van der Waals surface area contributed by atoms with Crippen LogP contribution >= 0.6 is 0 Å². The van der Waals surface area contributed by atoms with E-state index in [1.807, 2.05) is 36.9 Å². The molecule has 0 saturated heterocycles. The monoisotopic (exact) mass is 336 g/mol. The SMILES string of the molecule is CCN(C(=O)C1CC1c1ccccc1F)C(C)c1ccc(C#N)cc1. The number of nitrogens with zero attached hydrogens (tertiary/aromatic N) is 2. The lowest BCUT2D eigenvalue weighted by Gasteiger charge is -2.29. The van der Waals surface area contributed by atoms with Gasteiger partial charge in [-0.25, -0.2) is 4.39 Å². The standard InChI is InChI=1S/C21H21FN2O/c1-3-24(14(2)16-10-8-15(13-23)9-11-16)21(25)19-12-18(19)17-6-4-5-7-20(17)22/h4-11,14,18-19H,3,12H2,1-2H3. The van der Waals surface area contributed by atoms with Crippen LogP contribution in [-0.2, 0) is 4.79 Å². The molecule has 0 N–H and O–H groups in total. The smallest absolute Gasteiger partial charge is 0.226 e. The van der Waals surface area contributed by atoms with Crippen LogP contribution in [-0.4, -0.2) is 17.4 Å². The molecule has 2 aromatic carbocycles. The summed E-state index contributed by atoms with van der Waals surface area (Å²) < 4.78 is 13.9. The van der Waals surface area contributed by atoms with Gasteiger partial charge in [-0.05, 0) is 55.5 Å². The van der Waals surface area contributed by atoms with Gasteiger partial charge in [0.15, 0.2) is 0 Å². The number of carbonyl (C=O) groups excluding carboxylic acids is 1. The zero-order chi connectivity index (χ0) is 18.0. The predicted molar refractivity (Wildman–Crippen MR) is 94.2 cm³/mol. The highest BCUT2D eigenvalue weighted by Gasteiger charge is 2.47. The Labute approximate surface area is 147 Å². The van der Waals surface area contributed by atoms with Crippen molar-refractivity contribution in [2.24, 2.45) is 5.92 Å². The van der Waals surface area contributed by atoms with Gasteiger partial charge in [-0.3, -0.25) is 4.79 Å². The van der Waals surface area contributed by atoms with Gasteiger partial charge in [0.05, 0.1) is 17.7 Å². The van der Waals surface area contributed by atoms with Gasteiger partial charge in [0.2, 0.25) is 5.91 Å². The molecule has 0 heterocycles. The van der Waals surface area contributed by atoms with Crippen LogP contribution in [0.3, 0.4) is 0 Å². The zero-order valence-electron chi connectivity index (χ0n) is 14.4. The molecular formula is C21H21FN2O. The summed E-state index contributed by atoms with van der Waals surface area (Å²) in [5, 5.41) is 8.91. The topological polar surface area (TPSA) is 44.1 Å². The molecule has 0 aliphatic heterocycles. The van der Waals surface area contributed by atoms with E-state index in [9.17, 15) is 9.18 Å². The first-order valence-corrected chi connectivity index (χ1v) is 8.61. The molecule has 0 spiro atoms. The highest BCUT2D eigenvalue weighted by atomic mass is 19.1. The van der Waals surface area contributed by atoms with E-state index in [1.54, 1.807) is 24.3 Å². The zero-order valence-corrected chi connectivity index (χ0v) is 14.4. The average Bonchev–Trinajstić information content (AvgIpc) is 3.43. The number of halogens is 1. The summed E-state index contributed by atoms with van der Waals surface area (Å²) in [6.45, 7) is 4.54.